The van der Waals surface area contributed by atoms with E-state index in [-0.39, 0.29) is 12.5 Å². The van der Waals surface area contributed by atoms with Crippen molar-refractivity contribution in [2.45, 2.75) is 6.54 Å². The van der Waals surface area contributed by atoms with Gasteiger partial charge in [0.1, 0.15) is 0 Å². The molecule has 2 aromatic carbocycles. The van der Waals surface area contributed by atoms with Gasteiger partial charge >= 0.3 is 0 Å². The molecule has 2 aromatic rings. The Morgan fingerprint density at radius 1 is 0.958 bits per heavy atom. The number of hydrogen-bond donors (Lipinski definition) is 1. The van der Waals surface area contributed by atoms with Gasteiger partial charge in [0.2, 0.25) is 5.91 Å². The Morgan fingerprint density at radius 2 is 1.62 bits per heavy atom. The number of halogens is 1. The van der Waals surface area contributed by atoms with Crippen molar-refractivity contribution in [3.63, 3.8) is 0 Å². The Balaban J connectivity index is 1.44. The van der Waals surface area contributed by atoms with Crippen LogP contribution in [0, 0.1) is 0 Å². The molecule has 3 rings (SSSR count). The summed E-state index contributed by atoms with van der Waals surface area (Å²) >= 11 is 6.10. The second kappa shape index (κ2) is 8.18. The van der Waals surface area contributed by atoms with Crippen LogP contribution in [-0.2, 0) is 11.3 Å². The summed E-state index contributed by atoms with van der Waals surface area (Å²) in [6.45, 7) is 4.59. The zero-order valence-corrected chi connectivity index (χ0v) is 14.4. The van der Waals surface area contributed by atoms with E-state index in [2.05, 4.69) is 34.5 Å². The molecule has 0 aromatic heterocycles. The van der Waals surface area contributed by atoms with Crippen LogP contribution < -0.4 is 5.32 Å². The molecule has 1 aliphatic heterocycles. The van der Waals surface area contributed by atoms with E-state index < -0.39 is 0 Å². The monoisotopic (exact) mass is 343 g/mol. The van der Waals surface area contributed by atoms with Crippen LogP contribution in [0.5, 0.6) is 0 Å². The Labute approximate surface area is 148 Å². The fraction of sp³-hybridized carbons (Fsp3) is 0.316. The standard InChI is InChI=1S/C19H22ClN3O/c20-17-8-4-5-9-18(17)21-14-19(24)23-12-10-22(11-13-23)15-16-6-2-1-3-7-16/h1-9,21H,10-15H2. The average molecular weight is 344 g/mol. The smallest absolute Gasteiger partial charge is 0.241 e. The minimum absolute atomic E-state index is 0.120. The van der Waals surface area contributed by atoms with Gasteiger partial charge in [-0.25, -0.2) is 0 Å². The summed E-state index contributed by atoms with van der Waals surface area (Å²) in [6, 6.07) is 17.9. The molecule has 1 heterocycles. The van der Waals surface area contributed by atoms with E-state index in [9.17, 15) is 4.79 Å². The van der Waals surface area contributed by atoms with E-state index in [4.69, 9.17) is 11.6 Å². The highest BCUT2D eigenvalue weighted by molar-refractivity contribution is 6.33. The summed E-state index contributed by atoms with van der Waals surface area (Å²) in [5.74, 6) is 0.120. The summed E-state index contributed by atoms with van der Waals surface area (Å²) in [7, 11) is 0. The lowest BCUT2D eigenvalue weighted by molar-refractivity contribution is -0.131. The first-order valence-corrected chi connectivity index (χ1v) is 8.62. The van der Waals surface area contributed by atoms with Gasteiger partial charge < -0.3 is 10.2 Å². The maximum absolute atomic E-state index is 12.3. The lowest BCUT2D eigenvalue weighted by Crippen LogP contribution is -2.49. The van der Waals surface area contributed by atoms with E-state index in [0.29, 0.717) is 5.02 Å². The van der Waals surface area contributed by atoms with Gasteiger partial charge in [0.15, 0.2) is 0 Å². The van der Waals surface area contributed by atoms with Crippen molar-refractivity contribution in [3.05, 3.63) is 65.2 Å². The molecule has 1 N–H and O–H groups in total. The van der Waals surface area contributed by atoms with Crippen LogP contribution in [-0.4, -0.2) is 48.4 Å². The Morgan fingerprint density at radius 3 is 2.33 bits per heavy atom. The van der Waals surface area contributed by atoms with Crippen molar-refractivity contribution < 1.29 is 4.79 Å². The Kier molecular flexibility index (Phi) is 5.72. The third kappa shape index (κ3) is 4.49. The summed E-state index contributed by atoms with van der Waals surface area (Å²) in [5.41, 5.74) is 2.12. The van der Waals surface area contributed by atoms with Gasteiger partial charge in [0, 0.05) is 32.7 Å². The first kappa shape index (κ1) is 16.8. The number of piperazine rings is 1. The lowest BCUT2D eigenvalue weighted by Gasteiger charge is -2.34. The van der Waals surface area contributed by atoms with Crippen molar-refractivity contribution in [1.29, 1.82) is 0 Å². The highest BCUT2D eigenvalue weighted by Crippen LogP contribution is 2.20. The van der Waals surface area contributed by atoms with E-state index in [0.717, 1.165) is 38.4 Å². The quantitative estimate of drug-likeness (QED) is 0.906. The van der Waals surface area contributed by atoms with Crippen LogP contribution in [0.3, 0.4) is 0 Å². The van der Waals surface area contributed by atoms with Crippen molar-refractivity contribution in [2.75, 3.05) is 38.0 Å². The fourth-order valence-electron chi connectivity index (χ4n) is 2.88. The highest BCUT2D eigenvalue weighted by atomic mass is 35.5. The number of benzene rings is 2. The number of hydrogen-bond acceptors (Lipinski definition) is 3. The molecule has 0 atom stereocenters. The number of anilines is 1. The average Bonchev–Trinajstić information content (AvgIpc) is 2.62. The molecule has 1 fully saturated rings. The number of nitrogens with one attached hydrogen (secondary N) is 1. The van der Waals surface area contributed by atoms with Crippen LogP contribution in [0.4, 0.5) is 5.69 Å². The SMILES string of the molecule is O=C(CNc1ccccc1Cl)N1CCN(Cc2ccccc2)CC1. The summed E-state index contributed by atoms with van der Waals surface area (Å²) < 4.78 is 0. The maximum atomic E-state index is 12.3. The first-order valence-electron chi connectivity index (χ1n) is 8.25. The molecule has 0 spiro atoms. The van der Waals surface area contributed by atoms with Gasteiger partial charge in [-0.1, -0.05) is 54.1 Å². The van der Waals surface area contributed by atoms with Crippen LogP contribution >= 0.6 is 11.6 Å². The van der Waals surface area contributed by atoms with Crippen LogP contribution in [0.25, 0.3) is 0 Å². The molecule has 0 saturated carbocycles. The van der Waals surface area contributed by atoms with Gasteiger partial charge in [-0.3, -0.25) is 9.69 Å². The van der Waals surface area contributed by atoms with Crippen LogP contribution in [0.2, 0.25) is 5.02 Å². The second-order valence-corrected chi connectivity index (χ2v) is 6.38. The molecule has 1 amide bonds. The topological polar surface area (TPSA) is 35.6 Å². The van der Waals surface area contributed by atoms with Crippen molar-refractivity contribution >= 4 is 23.2 Å². The molecule has 0 aliphatic carbocycles. The van der Waals surface area contributed by atoms with Crippen LogP contribution in [0.1, 0.15) is 5.56 Å². The first-order chi connectivity index (χ1) is 11.7. The van der Waals surface area contributed by atoms with Gasteiger partial charge in [-0.15, -0.1) is 0 Å². The zero-order chi connectivity index (χ0) is 16.8. The second-order valence-electron chi connectivity index (χ2n) is 5.98. The van der Waals surface area contributed by atoms with E-state index in [1.807, 2.05) is 35.2 Å². The normalized spacial score (nSPS) is 15.3. The third-order valence-electron chi connectivity index (χ3n) is 4.28. The fourth-order valence-corrected chi connectivity index (χ4v) is 3.09. The number of nitrogens with zero attached hydrogens (tertiary/aromatic N) is 2. The summed E-state index contributed by atoms with van der Waals surface area (Å²) in [6.07, 6.45) is 0. The van der Waals surface area contributed by atoms with E-state index in [1.54, 1.807) is 0 Å². The minimum Gasteiger partial charge on any atom is -0.375 e. The maximum Gasteiger partial charge on any atom is 0.241 e. The molecular formula is C19H22ClN3O. The Hall–Kier alpha value is -2.04. The molecule has 24 heavy (non-hydrogen) atoms. The summed E-state index contributed by atoms with van der Waals surface area (Å²) in [5, 5.41) is 3.76. The molecule has 5 heteroatoms. The molecular weight excluding hydrogens is 322 g/mol. The molecule has 0 bridgehead atoms. The Bertz CT molecular complexity index is 669. The van der Waals surface area contributed by atoms with Gasteiger partial charge in [0.05, 0.1) is 17.3 Å². The zero-order valence-electron chi connectivity index (χ0n) is 13.6. The molecule has 1 aliphatic rings. The largest absolute Gasteiger partial charge is 0.375 e. The molecule has 1 saturated heterocycles. The number of para-hydroxylation sites is 1. The lowest BCUT2D eigenvalue weighted by atomic mass is 10.2. The van der Waals surface area contributed by atoms with Crippen molar-refractivity contribution in [3.8, 4) is 0 Å². The van der Waals surface area contributed by atoms with E-state index >= 15 is 0 Å². The molecule has 4 nitrogen and oxygen atoms in total. The predicted octanol–water partition coefficient (Wildman–Crippen LogP) is 3.10. The van der Waals surface area contributed by atoms with Gasteiger partial charge in [-0.05, 0) is 17.7 Å². The van der Waals surface area contributed by atoms with Gasteiger partial charge in [0.25, 0.3) is 0 Å². The predicted molar refractivity (Wildman–Crippen MR) is 98.2 cm³/mol. The highest BCUT2D eigenvalue weighted by Gasteiger charge is 2.20. The van der Waals surface area contributed by atoms with Crippen molar-refractivity contribution in [1.82, 2.24) is 9.80 Å². The summed E-state index contributed by atoms with van der Waals surface area (Å²) in [4.78, 5) is 16.7. The molecule has 0 radical (unpaired) electrons. The molecule has 126 valence electrons. The molecule has 0 unspecified atom stereocenters. The third-order valence-corrected chi connectivity index (χ3v) is 4.61. The van der Waals surface area contributed by atoms with E-state index in [1.165, 1.54) is 5.56 Å². The van der Waals surface area contributed by atoms with Gasteiger partial charge in [-0.2, -0.15) is 0 Å². The van der Waals surface area contributed by atoms with Crippen molar-refractivity contribution in [2.24, 2.45) is 0 Å². The minimum atomic E-state index is 0.120. The number of carbonyl (C=O) groups is 1. The van der Waals surface area contributed by atoms with Crippen LogP contribution in [0.15, 0.2) is 54.6 Å². The number of carbonyl (C=O) groups excluding carboxylic acids is 1. The number of rotatable bonds is 5. The number of amides is 1.